The summed E-state index contributed by atoms with van der Waals surface area (Å²) in [6.07, 6.45) is 65.5. The van der Waals surface area contributed by atoms with Crippen LogP contribution in [0.4, 0.5) is 0 Å². The molecule has 0 unspecified atom stereocenters. The number of esters is 3. The Morgan fingerprint density at radius 1 is 0.264 bits per heavy atom. The normalized spacial score (nSPS) is 12.0. The first-order chi connectivity index (χ1) is 51.0. The van der Waals surface area contributed by atoms with E-state index in [9.17, 15) is 14.4 Å². The van der Waals surface area contributed by atoms with Crippen LogP contribution in [0.5, 0.6) is 17.2 Å². The van der Waals surface area contributed by atoms with E-state index in [1.165, 1.54) is 270 Å². The van der Waals surface area contributed by atoms with Crippen molar-refractivity contribution in [2.24, 2.45) is 0 Å². The molecule has 0 amide bonds. The van der Waals surface area contributed by atoms with Crippen LogP contribution < -0.4 is 13.6 Å². The van der Waals surface area contributed by atoms with E-state index in [-0.39, 0.29) is 34.2 Å². The van der Waals surface area contributed by atoms with Crippen LogP contribution in [-0.2, 0) is 64.1 Å². The fourth-order valence-corrected chi connectivity index (χ4v) is 16.0. The fourth-order valence-electron chi connectivity index (χ4n) is 14.8. The first kappa shape index (κ1) is 96.1. The van der Waals surface area contributed by atoms with Gasteiger partial charge in [0.25, 0.3) is 0 Å². The lowest BCUT2D eigenvalue weighted by atomic mass is 9.83. The van der Waals surface area contributed by atoms with Gasteiger partial charge in [0.15, 0.2) is 0 Å². The number of benzene rings is 3. The van der Waals surface area contributed by atoms with Crippen molar-refractivity contribution in [1.29, 1.82) is 0 Å². The van der Waals surface area contributed by atoms with Gasteiger partial charge in [-0.3, -0.25) is 14.4 Å². The Morgan fingerprint density at radius 3 is 0.604 bits per heavy atom. The number of carbonyl (C=O) groups is 3. The summed E-state index contributed by atoms with van der Waals surface area (Å²) in [6, 6.07) is 13.0. The van der Waals surface area contributed by atoms with Gasteiger partial charge < -0.3 is 27.8 Å². The minimum atomic E-state index is -2.20. The van der Waals surface area contributed by atoms with Gasteiger partial charge in [0.05, 0.1) is 19.8 Å². The lowest BCUT2D eigenvalue weighted by Crippen LogP contribution is -2.19. The highest BCUT2D eigenvalue weighted by molar-refractivity contribution is 7.43. The molecule has 3 aromatic rings. The number of unbranched alkanes of at least 4 members (excludes halogenated alkanes) is 45. The third kappa shape index (κ3) is 45.9. The van der Waals surface area contributed by atoms with E-state index < -0.39 is 8.60 Å². The van der Waals surface area contributed by atoms with Gasteiger partial charge >= 0.3 is 26.5 Å². The number of hydrogen-bond acceptors (Lipinski definition) is 9. The van der Waals surface area contributed by atoms with Crippen molar-refractivity contribution in [1.82, 2.24) is 0 Å². The van der Waals surface area contributed by atoms with Crippen molar-refractivity contribution in [2.75, 3.05) is 19.8 Å². The van der Waals surface area contributed by atoms with E-state index in [2.05, 4.69) is 140 Å². The molecule has 3 rings (SSSR count). The van der Waals surface area contributed by atoms with E-state index in [4.69, 9.17) is 27.8 Å². The van der Waals surface area contributed by atoms with Crippen molar-refractivity contribution in [2.45, 2.75) is 467 Å². The summed E-state index contributed by atoms with van der Waals surface area (Å²) >= 11 is 0. The Balaban J connectivity index is 1.73. The lowest BCUT2D eigenvalue weighted by molar-refractivity contribution is -0.144. The Hall–Kier alpha value is -4.10. The molecule has 0 heterocycles. The average molecular weight is 1490 g/mol. The molecule has 608 valence electrons. The Labute approximate surface area is 655 Å². The van der Waals surface area contributed by atoms with Crippen LogP contribution in [0.25, 0.3) is 0 Å². The van der Waals surface area contributed by atoms with Gasteiger partial charge in [0.1, 0.15) is 17.2 Å². The molecule has 0 bridgehead atoms. The van der Waals surface area contributed by atoms with Gasteiger partial charge in [-0.1, -0.05) is 408 Å². The van der Waals surface area contributed by atoms with E-state index in [0.717, 1.165) is 88.6 Å². The van der Waals surface area contributed by atoms with E-state index in [1.54, 1.807) is 0 Å². The maximum atomic E-state index is 13.3. The molecule has 0 spiro atoms. The minimum absolute atomic E-state index is 0.157. The molecule has 9 nitrogen and oxygen atoms in total. The Kier molecular flexibility index (Phi) is 53.3. The molecule has 0 aliphatic heterocycles. The van der Waals surface area contributed by atoms with Gasteiger partial charge in [0.2, 0.25) is 0 Å². The Morgan fingerprint density at radius 2 is 0.434 bits per heavy atom. The second-order valence-electron chi connectivity index (χ2n) is 35.2. The second-order valence-corrected chi connectivity index (χ2v) is 36.2. The molecule has 0 aliphatic carbocycles. The summed E-state index contributed by atoms with van der Waals surface area (Å²) in [5.74, 6) is 1.62. The van der Waals surface area contributed by atoms with Gasteiger partial charge in [0, 0.05) is 36.0 Å². The number of carbonyl (C=O) groups excluding carboxylic acids is 3. The van der Waals surface area contributed by atoms with Crippen LogP contribution in [0.2, 0.25) is 0 Å². The second kappa shape index (κ2) is 58.8. The summed E-state index contributed by atoms with van der Waals surface area (Å²) in [4.78, 5) is 39.8. The van der Waals surface area contributed by atoms with Crippen LogP contribution in [-0.4, -0.2) is 37.7 Å². The first-order valence-corrected chi connectivity index (χ1v) is 45.8. The molecule has 0 atom stereocenters. The molecule has 0 radical (unpaired) electrons. The number of ether oxygens (including phenoxy) is 3. The monoisotopic (exact) mass is 1490 g/mol. The smallest absolute Gasteiger partial charge is 0.466 e. The first-order valence-electron chi connectivity index (χ1n) is 44.7. The summed E-state index contributed by atoms with van der Waals surface area (Å²) in [5.41, 5.74) is 7.88. The van der Waals surface area contributed by atoms with Crippen LogP contribution in [0, 0.1) is 20.8 Å². The zero-order chi connectivity index (χ0) is 77.5. The molecule has 0 saturated carbocycles. The molecule has 0 saturated heterocycles. The van der Waals surface area contributed by atoms with Crippen molar-refractivity contribution < 1.29 is 42.2 Å². The summed E-state index contributed by atoms with van der Waals surface area (Å²) < 4.78 is 39.4. The van der Waals surface area contributed by atoms with Crippen molar-refractivity contribution in [3.63, 3.8) is 0 Å². The molecule has 0 aliphatic rings. The highest BCUT2D eigenvalue weighted by atomic mass is 31.2. The molecule has 3 aromatic carbocycles. The lowest BCUT2D eigenvalue weighted by Gasteiger charge is -2.31. The maximum absolute atomic E-state index is 13.3. The van der Waals surface area contributed by atoms with Gasteiger partial charge in [-0.2, -0.15) is 0 Å². The largest absolute Gasteiger partial charge is 0.530 e. The quantitative estimate of drug-likeness (QED) is 0.0236. The highest BCUT2D eigenvalue weighted by Gasteiger charge is 2.34. The molecule has 0 fully saturated rings. The van der Waals surface area contributed by atoms with E-state index in [0.29, 0.717) is 75.6 Å². The zero-order valence-electron chi connectivity index (χ0n) is 71.9. The maximum Gasteiger partial charge on any atom is 0.530 e. The molecular formula is C96H165O9P. The van der Waals surface area contributed by atoms with Crippen molar-refractivity contribution >= 4 is 26.5 Å². The number of hydrogen-bond donors (Lipinski definition) is 0. The molecule has 106 heavy (non-hydrogen) atoms. The van der Waals surface area contributed by atoms with Crippen LogP contribution >= 0.6 is 8.60 Å². The van der Waals surface area contributed by atoms with Gasteiger partial charge in [-0.15, -0.1) is 0 Å². The minimum Gasteiger partial charge on any atom is -0.466 e. The number of aryl methyl sites for hydroxylation is 6. The third-order valence-electron chi connectivity index (χ3n) is 21.6. The van der Waals surface area contributed by atoms with Crippen LogP contribution in [0.3, 0.4) is 0 Å². The van der Waals surface area contributed by atoms with Crippen molar-refractivity contribution in [3.05, 3.63) is 86.5 Å². The summed E-state index contributed by atoms with van der Waals surface area (Å²) in [7, 11) is -2.20. The average Bonchev–Trinajstić information content (AvgIpc) is 0.784. The molecule has 0 N–H and O–H groups in total. The highest BCUT2D eigenvalue weighted by Crippen LogP contribution is 2.52. The summed E-state index contributed by atoms with van der Waals surface area (Å²) in [5, 5.41) is 0. The van der Waals surface area contributed by atoms with Crippen molar-refractivity contribution in [3.8, 4) is 17.2 Å². The van der Waals surface area contributed by atoms with E-state index in [1.807, 2.05) is 0 Å². The topological polar surface area (TPSA) is 107 Å². The van der Waals surface area contributed by atoms with E-state index >= 15 is 0 Å². The van der Waals surface area contributed by atoms with Gasteiger partial charge in [-0.25, -0.2) is 0 Å². The predicted octanol–water partition coefficient (Wildman–Crippen LogP) is 30.5. The third-order valence-corrected chi connectivity index (χ3v) is 22.6. The van der Waals surface area contributed by atoms with Crippen LogP contribution in [0.1, 0.15) is 461 Å². The molecule has 10 heteroatoms. The molecule has 0 aromatic heterocycles. The summed E-state index contributed by atoms with van der Waals surface area (Å²) in [6.45, 7) is 34.3. The van der Waals surface area contributed by atoms with Crippen LogP contribution in [0.15, 0.2) is 36.4 Å². The molecular weight excluding hydrogens is 1330 g/mol. The SMILES string of the molecule is CCCCCCCCCCCCCCCCCCOC(=O)CCc1cc(C)c(OP(Oc2c(C)cc(CCC(=O)OCCCCCCCCCCCCCCCCCC)cc2C(C)(C)C)Oc2c(C)cc(CCC(=O)OCCCCCCCCCCCCCCCCCC)cc2C(C)(C)C)c(C(C)(C)C)c1. The predicted molar refractivity (Wildman–Crippen MR) is 455 cm³/mol. The number of rotatable bonds is 66. The standard InChI is InChI=1S/C96H165O9P/c1-16-19-22-25-28-31-34-37-40-43-46-49-52-55-58-61-70-100-88(97)67-64-82-73-79(4)91(85(76-82)94(7,8)9)103-106(104-92-80(5)74-83(77-86(92)95(10,11)12)65-68-89(98)101-71-62-59-56-53-50-47-44-41-38-35-32-29-26-23-20-17-2)105-93-81(6)75-84(78-87(93)96(13,14)15)66-69-90(99)102-72-63-60-57-54-51-48-45-42-39-36-33-30-27-24-21-18-3/h73-78H,16-72H2,1-15H3. The fraction of sp³-hybridized carbons (Fsp3) is 0.781. The Bertz CT molecular complexity index is 2450. The van der Waals surface area contributed by atoms with Gasteiger partial charge in [-0.05, 0) is 109 Å². The zero-order valence-corrected chi connectivity index (χ0v) is 72.8.